The number of aliphatic imine (C=N–C) groups is 1. The van der Waals surface area contributed by atoms with Crippen LogP contribution in [0.2, 0.25) is 0 Å². The molecular formula is C21H21F4N3O2S. The lowest BCUT2D eigenvalue weighted by molar-refractivity contribution is -0.137. The minimum absolute atomic E-state index is 0.285. The molecule has 1 aromatic heterocycles. The second kappa shape index (κ2) is 9.59. The molecule has 0 aliphatic heterocycles. The van der Waals surface area contributed by atoms with Crippen molar-refractivity contribution in [1.29, 1.82) is 0 Å². The van der Waals surface area contributed by atoms with Gasteiger partial charge in [0.1, 0.15) is 5.82 Å². The number of hydrogen-bond donors (Lipinski definition) is 2. The van der Waals surface area contributed by atoms with Crippen LogP contribution < -0.4 is 11.1 Å². The van der Waals surface area contributed by atoms with E-state index in [0.717, 1.165) is 17.7 Å². The molecule has 0 radical (unpaired) electrons. The molecule has 31 heavy (non-hydrogen) atoms. The maximum atomic E-state index is 14.4. The van der Waals surface area contributed by atoms with E-state index in [1.807, 2.05) is 6.92 Å². The zero-order valence-electron chi connectivity index (χ0n) is 16.8. The lowest BCUT2D eigenvalue weighted by Gasteiger charge is -2.15. The van der Waals surface area contributed by atoms with E-state index in [1.165, 1.54) is 36.0 Å². The van der Waals surface area contributed by atoms with Gasteiger partial charge in [-0.25, -0.2) is 9.18 Å². The number of fused-ring (bicyclic) bond motifs is 1. The zero-order chi connectivity index (χ0) is 22.6. The van der Waals surface area contributed by atoms with Gasteiger partial charge in [0, 0.05) is 30.5 Å². The number of aromatic amines is 1. The van der Waals surface area contributed by atoms with Gasteiger partial charge < -0.3 is 9.73 Å². The second-order valence-corrected chi connectivity index (χ2v) is 8.23. The van der Waals surface area contributed by atoms with E-state index < -0.39 is 23.3 Å². The van der Waals surface area contributed by atoms with Gasteiger partial charge in [-0.3, -0.25) is 9.98 Å². The quantitative estimate of drug-likeness (QED) is 0.230. The van der Waals surface area contributed by atoms with Crippen molar-refractivity contribution in [3.8, 4) is 0 Å². The summed E-state index contributed by atoms with van der Waals surface area (Å²) in [5, 5.41) is 3.47. The summed E-state index contributed by atoms with van der Waals surface area (Å²) in [6.45, 7) is 2.37. The van der Waals surface area contributed by atoms with Gasteiger partial charge in [0.15, 0.2) is 10.8 Å². The molecule has 0 spiro atoms. The van der Waals surface area contributed by atoms with Crippen molar-refractivity contribution in [3.05, 3.63) is 69.5 Å². The number of halogens is 4. The van der Waals surface area contributed by atoms with E-state index in [4.69, 9.17) is 4.42 Å². The van der Waals surface area contributed by atoms with Crippen molar-refractivity contribution in [3.63, 3.8) is 0 Å². The van der Waals surface area contributed by atoms with Crippen LogP contribution in [0.4, 0.5) is 17.6 Å². The third-order valence-corrected chi connectivity index (χ3v) is 5.83. The van der Waals surface area contributed by atoms with Gasteiger partial charge in [0.25, 0.3) is 0 Å². The number of amidine groups is 1. The Bertz CT molecular complexity index is 1120. The molecule has 2 aromatic carbocycles. The fourth-order valence-corrected chi connectivity index (χ4v) is 3.98. The first kappa shape index (κ1) is 22.9. The summed E-state index contributed by atoms with van der Waals surface area (Å²) in [5.74, 6) is -1.10. The fraction of sp³-hybridized carbons (Fsp3) is 0.333. The maximum absolute atomic E-state index is 14.4. The number of alkyl halides is 3. The third kappa shape index (κ3) is 5.90. The number of aryl methyl sites for hydroxylation is 1. The second-order valence-electron chi connectivity index (χ2n) is 6.90. The summed E-state index contributed by atoms with van der Waals surface area (Å²) in [5.41, 5.74) is 1.12. The SMILES string of the molecule is CN=C(NCCCc1ccc(C(F)(F)F)cc1)SC(C)c1cc2oc(=O)[nH]c2cc1F. The van der Waals surface area contributed by atoms with E-state index in [0.29, 0.717) is 35.6 Å². The first-order valence-electron chi connectivity index (χ1n) is 9.53. The summed E-state index contributed by atoms with van der Waals surface area (Å²) >= 11 is 1.32. The molecule has 1 atom stereocenters. The highest BCUT2D eigenvalue weighted by molar-refractivity contribution is 8.14. The van der Waals surface area contributed by atoms with Crippen molar-refractivity contribution in [2.45, 2.75) is 31.2 Å². The molecule has 3 aromatic rings. The predicted molar refractivity (Wildman–Crippen MR) is 114 cm³/mol. The topological polar surface area (TPSA) is 70.4 Å². The first-order chi connectivity index (χ1) is 14.7. The summed E-state index contributed by atoms with van der Waals surface area (Å²) in [6, 6.07) is 7.85. The molecule has 5 nitrogen and oxygen atoms in total. The Morgan fingerprint density at radius 3 is 2.61 bits per heavy atom. The minimum atomic E-state index is -4.34. The lowest BCUT2D eigenvalue weighted by Crippen LogP contribution is -2.23. The average Bonchev–Trinajstić information content (AvgIpc) is 3.07. The predicted octanol–water partition coefficient (Wildman–Crippen LogP) is 5.28. The Hall–Kier alpha value is -2.75. The smallest absolute Gasteiger partial charge is 0.408 e. The number of nitrogens with one attached hydrogen (secondary N) is 2. The van der Waals surface area contributed by atoms with E-state index in [9.17, 15) is 22.4 Å². The van der Waals surface area contributed by atoms with Gasteiger partial charge in [-0.05, 0) is 43.5 Å². The Kier molecular flexibility index (Phi) is 7.09. The molecule has 1 heterocycles. The standard InChI is InChI=1S/C21H21F4N3O2S/c1-12(15-10-18-17(11-16(15)22)28-20(29)30-18)31-19(26-2)27-9-3-4-13-5-7-14(8-6-13)21(23,24)25/h5-8,10-12H,3-4,9H2,1-2H3,(H,26,27)(H,28,29). The van der Waals surface area contributed by atoms with Crippen LogP contribution in [0.5, 0.6) is 0 Å². The number of thioether (sulfide) groups is 1. The Balaban J connectivity index is 1.52. The Morgan fingerprint density at radius 2 is 1.97 bits per heavy atom. The van der Waals surface area contributed by atoms with Crippen molar-refractivity contribution in [2.75, 3.05) is 13.6 Å². The molecule has 0 amide bonds. The van der Waals surface area contributed by atoms with Crippen LogP contribution >= 0.6 is 11.8 Å². The van der Waals surface area contributed by atoms with E-state index in [-0.39, 0.29) is 10.8 Å². The fourth-order valence-electron chi connectivity index (χ4n) is 3.05. The summed E-state index contributed by atoms with van der Waals surface area (Å²) in [4.78, 5) is 17.9. The normalized spacial score (nSPS) is 13.5. The highest BCUT2D eigenvalue weighted by atomic mass is 32.2. The highest BCUT2D eigenvalue weighted by Gasteiger charge is 2.29. The number of hydrogen-bond acceptors (Lipinski definition) is 4. The molecule has 0 fully saturated rings. The molecule has 2 N–H and O–H groups in total. The van der Waals surface area contributed by atoms with Crippen LogP contribution in [0.3, 0.4) is 0 Å². The van der Waals surface area contributed by atoms with Crippen LogP contribution in [-0.4, -0.2) is 23.7 Å². The van der Waals surface area contributed by atoms with Crippen molar-refractivity contribution >= 4 is 28.0 Å². The number of oxazole rings is 1. The summed E-state index contributed by atoms with van der Waals surface area (Å²) in [6.07, 6.45) is -3.04. The molecule has 0 saturated carbocycles. The molecule has 0 aliphatic rings. The highest BCUT2D eigenvalue weighted by Crippen LogP contribution is 2.32. The van der Waals surface area contributed by atoms with E-state index in [1.54, 1.807) is 7.05 Å². The molecule has 0 aliphatic carbocycles. The Labute approximate surface area is 179 Å². The van der Waals surface area contributed by atoms with Gasteiger partial charge in [-0.1, -0.05) is 23.9 Å². The van der Waals surface area contributed by atoms with Crippen molar-refractivity contribution in [2.24, 2.45) is 4.99 Å². The van der Waals surface area contributed by atoms with E-state index >= 15 is 0 Å². The summed E-state index contributed by atoms with van der Waals surface area (Å²) in [7, 11) is 1.61. The minimum Gasteiger partial charge on any atom is -0.408 e. The molecule has 3 rings (SSSR count). The van der Waals surface area contributed by atoms with Gasteiger partial charge in [-0.2, -0.15) is 13.2 Å². The van der Waals surface area contributed by atoms with Gasteiger partial charge in [-0.15, -0.1) is 0 Å². The van der Waals surface area contributed by atoms with Crippen LogP contribution in [0, 0.1) is 5.82 Å². The molecule has 166 valence electrons. The van der Waals surface area contributed by atoms with Crippen molar-refractivity contribution < 1.29 is 22.0 Å². The largest absolute Gasteiger partial charge is 0.417 e. The number of nitrogens with zero attached hydrogens (tertiary/aromatic N) is 1. The Morgan fingerprint density at radius 1 is 1.26 bits per heavy atom. The first-order valence-corrected chi connectivity index (χ1v) is 10.4. The number of rotatable bonds is 6. The van der Waals surface area contributed by atoms with Crippen LogP contribution in [-0.2, 0) is 12.6 Å². The van der Waals surface area contributed by atoms with Crippen LogP contribution in [0.15, 0.2) is 50.6 Å². The summed E-state index contributed by atoms with van der Waals surface area (Å²) < 4.78 is 57.3. The van der Waals surface area contributed by atoms with Crippen molar-refractivity contribution in [1.82, 2.24) is 10.3 Å². The van der Waals surface area contributed by atoms with Crippen LogP contribution in [0.1, 0.15) is 35.3 Å². The van der Waals surface area contributed by atoms with E-state index in [2.05, 4.69) is 15.3 Å². The molecule has 10 heteroatoms. The number of aromatic nitrogens is 1. The zero-order valence-corrected chi connectivity index (χ0v) is 17.7. The monoisotopic (exact) mass is 455 g/mol. The molecule has 0 saturated heterocycles. The maximum Gasteiger partial charge on any atom is 0.417 e. The van der Waals surface area contributed by atoms with Gasteiger partial charge in [0.05, 0.1) is 11.1 Å². The number of benzene rings is 2. The lowest BCUT2D eigenvalue weighted by atomic mass is 10.1. The molecule has 1 unspecified atom stereocenters. The van der Waals surface area contributed by atoms with Gasteiger partial charge in [0.2, 0.25) is 0 Å². The average molecular weight is 455 g/mol. The molecule has 0 bridgehead atoms. The van der Waals surface area contributed by atoms with Gasteiger partial charge >= 0.3 is 11.9 Å². The third-order valence-electron chi connectivity index (χ3n) is 4.67. The van der Waals surface area contributed by atoms with Crippen LogP contribution in [0.25, 0.3) is 11.1 Å². The molecular weight excluding hydrogens is 434 g/mol. The number of H-pyrrole nitrogens is 1.